The quantitative estimate of drug-likeness (QED) is 0.533. The summed E-state index contributed by atoms with van der Waals surface area (Å²) in [4.78, 5) is 16.4. The van der Waals surface area contributed by atoms with Crippen LogP contribution in [0.15, 0.2) is 66.0 Å². The van der Waals surface area contributed by atoms with Gasteiger partial charge in [0.25, 0.3) is 0 Å². The van der Waals surface area contributed by atoms with Gasteiger partial charge in [-0.1, -0.05) is 36.4 Å². The molecule has 4 nitrogen and oxygen atoms in total. The molecule has 29 heavy (non-hydrogen) atoms. The van der Waals surface area contributed by atoms with Gasteiger partial charge in [-0.3, -0.25) is 9.69 Å². The fourth-order valence-electron chi connectivity index (χ4n) is 3.27. The van der Waals surface area contributed by atoms with Crippen LogP contribution in [0.1, 0.15) is 22.9 Å². The molecule has 1 N–H and O–H groups in total. The highest BCUT2D eigenvalue weighted by Crippen LogP contribution is 2.19. The van der Waals surface area contributed by atoms with Crippen LogP contribution in [0.5, 0.6) is 5.75 Å². The van der Waals surface area contributed by atoms with E-state index in [9.17, 15) is 4.79 Å². The van der Waals surface area contributed by atoms with Gasteiger partial charge in [-0.25, -0.2) is 0 Å². The van der Waals surface area contributed by atoms with Crippen LogP contribution in [0.25, 0.3) is 0 Å². The average Bonchev–Trinajstić information content (AvgIpc) is 3.23. The van der Waals surface area contributed by atoms with Gasteiger partial charge in [0.1, 0.15) is 5.75 Å². The third-order valence-electron chi connectivity index (χ3n) is 5.01. The predicted octanol–water partition coefficient (Wildman–Crippen LogP) is 5.14. The monoisotopic (exact) mass is 408 g/mol. The maximum atomic E-state index is 12.8. The molecule has 2 aromatic carbocycles. The number of ether oxygens (including phenoxy) is 1. The molecular weight excluding hydrogens is 380 g/mol. The maximum Gasteiger partial charge on any atom is 0.238 e. The van der Waals surface area contributed by atoms with Crippen LogP contribution >= 0.6 is 11.3 Å². The highest BCUT2D eigenvalue weighted by atomic mass is 32.1. The van der Waals surface area contributed by atoms with Crippen molar-refractivity contribution in [3.63, 3.8) is 0 Å². The van der Waals surface area contributed by atoms with Crippen molar-refractivity contribution in [2.75, 3.05) is 19.0 Å². The number of hydrogen-bond acceptors (Lipinski definition) is 4. The zero-order chi connectivity index (χ0) is 20.6. The summed E-state index contributed by atoms with van der Waals surface area (Å²) in [5.41, 5.74) is 3.09. The van der Waals surface area contributed by atoms with Crippen molar-refractivity contribution >= 4 is 22.9 Å². The van der Waals surface area contributed by atoms with Crippen LogP contribution in [0.4, 0.5) is 5.69 Å². The molecule has 1 atom stereocenters. The summed E-state index contributed by atoms with van der Waals surface area (Å²) in [6.45, 7) is 5.24. The standard InChI is InChI=1S/C24H28N2O2S/c1-18-7-4-5-9-23(18)25-24(27)17-26(19(2)15-22-8-6-14-29-22)16-20-10-12-21(28-3)13-11-20/h4-14,19H,15-17H2,1-3H3,(H,25,27). The molecule has 0 aliphatic heterocycles. The van der Waals surface area contributed by atoms with Crippen molar-refractivity contribution in [2.45, 2.75) is 32.9 Å². The molecule has 3 rings (SSSR count). The van der Waals surface area contributed by atoms with E-state index in [-0.39, 0.29) is 11.9 Å². The summed E-state index contributed by atoms with van der Waals surface area (Å²) >= 11 is 1.76. The van der Waals surface area contributed by atoms with E-state index in [0.717, 1.165) is 29.0 Å². The molecule has 0 spiro atoms. The van der Waals surface area contributed by atoms with Gasteiger partial charge in [-0.2, -0.15) is 0 Å². The third kappa shape index (κ3) is 6.17. The molecule has 152 valence electrons. The van der Waals surface area contributed by atoms with Gasteiger partial charge < -0.3 is 10.1 Å². The Bertz CT molecular complexity index is 907. The molecular formula is C24H28N2O2S. The first kappa shape index (κ1) is 21.1. The summed E-state index contributed by atoms with van der Waals surface area (Å²) < 4.78 is 5.26. The minimum atomic E-state index is 0.00541. The minimum absolute atomic E-state index is 0.00541. The number of para-hydroxylation sites is 1. The Morgan fingerprint density at radius 1 is 1.10 bits per heavy atom. The number of nitrogens with zero attached hydrogens (tertiary/aromatic N) is 1. The number of benzene rings is 2. The van der Waals surface area contributed by atoms with Crippen molar-refractivity contribution < 1.29 is 9.53 Å². The highest BCUT2D eigenvalue weighted by Gasteiger charge is 2.19. The van der Waals surface area contributed by atoms with Crippen LogP contribution in [0.2, 0.25) is 0 Å². The molecule has 0 fully saturated rings. The Morgan fingerprint density at radius 3 is 2.52 bits per heavy atom. The second-order valence-corrected chi connectivity index (χ2v) is 8.28. The average molecular weight is 409 g/mol. The molecule has 1 unspecified atom stereocenters. The second kappa shape index (κ2) is 10.2. The maximum absolute atomic E-state index is 12.8. The van der Waals surface area contributed by atoms with Crippen LogP contribution in [-0.4, -0.2) is 30.5 Å². The topological polar surface area (TPSA) is 41.6 Å². The van der Waals surface area contributed by atoms with Crippen LogP contribution in [0.3, 0.4) is 0 Å². The lowest BCUT2D eigenvalue weighted by Crippen LogP contribution is -2.40. The molecule has 5 heteroatoms. The summed E-state index contributed by atoms with van der Waals surface area (Å²) in [5, 5.41) is 5.16. The van der Waals surface area contributed by atoms with E-state index >= 15 is 0 Å². The van der Waals surface area contributed by atoms with Crippen molar-refractivity contribution in [2.24, 2.45) is 0 Å². The van der Waals surface area contributed by atoms with E-state index in [1.54, 1.807) is 18.4 Å². The van der Waals surface area contributed by atoms with Crippen LogP contribution < -0.4 is 10.1 Å². The Kier molecular flexibility index (Phi) is 7.44. The van der Waals surface area contributed by atoms with Crippen molar-refractivity contribution in [3.05, 3.63) is 82.0 Å². The van der Waals surface area contributed by atoms with E-state index in [4.69, 9.17) is 4.74 Å². The molecule has 0 bridgehead atoms. The van der Waals surface area contributed by atoms with E-state index < -0.39 is 0 Å². The fourth-order valence-corrected chi connectivity index (χ4v) is 4.10. The predicted molar refractivity (Wildman–Crippen MR) is 121 cm³/mol. The van der Waals surface area contributed by atoms with Crippen molar-refractivity contribution in [1.82, 2.24) is 4.90 Å². The number of anilines is 1. The fraction of sp³-hybridized carbons (Fsp3) is 0.292. The van der Waals surface area contributed by atoms with E-state index in [2.05, 4.69) is 46.8 Å². The minimum Gasteiger partial charge on any atom is -0.497 e. The Hall–Kier alpha value is -2.63. The Balaban J connectivity index is 1.71. The number of thiophene rings is 1. The number of methoxy groups -OCH3 is 1. The number of carbonyl (C=O) groups excluding carboxylic acids is 1. The first-order valence-electron chi connectivity index (χ1n) is 9.80. The van der Waals surface area contributed by atoms with Gasteiger partial charge in [0, 0.05) is 23.2 Å². The Morgan fingerprint density at radius 2 is 1.86 bits per heavy atom. The number of amides is 1. The summed E-state index contributed by atoms with van der Waals surface area (Å²) in [7, 11) is 1.67. The van der Waals surface area contributed by atoms with Gasteiger partial charge in [0.05, 0.1) is 13.7 Å². The normalized spacial score (nSPS) is 12.0. The second-order valence-electron chi connectivity index (χ2n) is 7.25. The van der Waals surface area contributed by atoms with Crippen molar-refractivity contribution in [3.8, 4) is 5.75 Å². The smallest absolute Gasteiger partial charge is 0.238 e. The van der Waals surface area contributed by atoms with Gasteiger partial charge in [0.2, 0.25) is 5.91 Å². The summed E-state index contributed by atoms with van der Waals surface area (Å²) in [5.74, 6) is 0.843. The molecule has 3 aromatic rings. The molecule has 1 heterocycles. The SMILES string of the molecule is COc1ccc(CN(CC(=O)Nc2ccccc2C)C(C)Cc2cccs2)cc1. The number of nitrogens with one attached hydrogen (secondary N) is 1. The summed E-state index contributed by atoms with van der Waals surface area (Å²) in [6.07, 6.45) is 0.922. The zero-order valence-electron chi connectivity index (χ0n) is 17.2. The van der Waals surface area contributed by atoms with Gasteiger partial charge in [0.15, 0.2) is 0 Å². The van der Waals surface area contributed by atoms with Gasteiger partial charge in [-0.05, 0) is 61.0 Å². The number of carbonyl (C=O) groups is 1. The van der Waals surface area contributed by atoms with Crippen LogP contribution in [0, 0.1) is 6.92 Å². The van der Waals surface area contributed by atoms with E-state index in [1.807, 2.05) is 43.3 Å². The van der Waals surface area contributed by atoms with Crippen LogP contribution in [-0.2, 0) is 17.8 Å². The molecule has 0 saturated heterocycles. The highest BCUT2D eigenvalue weighted by molar-refractivity contribution is 7.09. The van der Waals surface area contributed by atoms with E-state index in [1.165, 1.54) is 4.88 Å². The molecule has 1 amide bonds. The van der Waals surface area contributed by atoms with Crippen molar-refractivity contribution in [1.29, 1.82) is 0 Å². The first-order chi connectivity index (χ1) is 14.0. The number of hydrogen-bond donors (Lipinski definition) is 1. The molecule has 0 radical (unpaired) electrons. The third-order valence-corrected chi connectivity index (χ3v) is 5.91. The molecule has 0 saturated carbocycles. The molecule has 0 aliphatic rings. The number of aryl methyl sites for hydroxylation is 1. The lowest BCUT2D eigenvalue weighted by molar-refractivity contribution is -0.118. The van der Waals surface area contributed by atoms with Gasteiger partial charge in [-0.15, -0.1) is 11.3 Å². The van der Waals surface area contributed by atoms with E-state index in [0.29, 0.717) is 13.1 Å². The first-order valence-corrected chi connectivity index (χ1v) is 10.7. The lowest BCUT2D eigenvalue weighted by atomic mass is 10.1. The molecule has 0 aliphatic carbocycles. The lowest BCUT2D eigenvalue weighted by Gasteiger charge is -2.28. The largest absolute Gasteiger partial charge is 0.497 e. The zero-order valence-corrected chi connectivity index (χ0v) is 18.0. The molecule has 1 aromatic heterocycles. The number of rotatable bonds is 9. The Labute approximate surface area is 177 Å². The summed E-state index contributed by atoms with van der Waals surface area (Å²) in [6, 6.07) is 20.4. The van der Waals surface area contributed by atoms with Gasteiger partial charge >= 0.3 is 0 Å².